The molecule has 1 aromatic heterocycles. The number of nitrogens with zero attached hydrogens (tertiary/aromatic N) is 3. The first-order valence-electron chi connectivity index (χ1n) is 9.91. The van der Waals surface area contributed by atoms with Crippen LogP contribution in [0.5, 0.6) is 0 Å². The van der Waals surface area contributed by atoms with Crippen LogP contribution in [0.1, 0.15) is 58.8 Å². The Bertz CT molecular complexity index is 621. The van der Waals surface area contributed by atoms with Gasteiger partial charge in [-0.05, 0) is 46.1 Å². The molecule has 1 aliphatic carbocycles. The zero-order chi connectivity index (χ0) is 18.5. The van der Waals surface area contributed by atoms with Gasteiger partial charge < -0.3 is 10.6 Å². The minimum atomic E-state index is -0.0854. The van der Waals surface area contributed by atoms with Crippen molar-refractivity contribution in [2.24, 2.45) is 0 Å². The van der Waals surface area contributed by atoms with Crippen LogP contribution in [-0.4, -0.2) is 51.2 Å². The third-order valence-corrected chi connectivity index (χ3v) is 5.44. The summed E-state index contributed by atoms with van der Waals surface area (Å²) in [5.74, 6) is 0.00416. The second-order valence-corrected chi connectivity index (χ2v) is 7.81. The number of hydrogen-bond donors (Lipinski definition) is 2. The van der Waals surface area contributed by atoms with Gasteiger partial charge in [0, 0.05) is 18.3 Å². The van der Waals surface area contributed by atoms with Gasteiger partial charge in [0.05, 0.1) is 17.9 Å². The maximum absolute atomic E-state index is 12.7. The van der Waals surface area contributed by atoms with Crippen LogP contribution in [0.15, 0.2) is 12.4 Å². The molecule has 0 bridgehead atoms. The third kappa shape index (κ3) is 4.84. The van der Waals surface area contributed by atoms with Gasteiger partial charge in [0.15, 0.2) is 0 Å². The van der Waals surface area contributed by atoms with Gasteiger partial charge in [-0.15, -0.1) is 0 Å². The fourth-order valence-electron chi connectivity index (χ4n) is 4.08. The van der Waals surface area contributed by atoms with Crippen molar-refractivity contribution in [3.05, 3.63) is 12.4 Å². The molecule has 1 saturated heterocycles. The summed E-state index contributed by atoms with van der Waals surface area (Å²) < 4.78 is 1.58. The van der Waals surface area contributed by atoms with E-state index < -0.39 is 0 Å². The molecular formula is C19H31N5O2. The van der Waals surface area contributed by atoms with Crippen molar-refractivity contribution < 1.29 is 9.59 Å². The molecule has 7 heteroatoms. The quantitative estimate of drug-likeness (QED) is 0.814. The van der Waals surface area contributed by atoms with Crippen molar-refractivity contribution in [3.8, 4) is 0 Å². The zero-order valence-electron chi connectivity index (χ0n) is 15.9. The zero-order valence-corrected chi connectivity index (χ0v) is 15.9. The average Bonchev–Trinajstić information content (AvgIpc) is 3.27. The van der Waals surface area contributed by atoms with E-state index in [-0.39, 0.29) is 24.4 Å². The van der Waals surface area contributed by atoms with E-state index >= 15 is 0 Å². The fraction of sp³-hybridized carbons (Fsp3) is 0.737. The minimum Gasteiger partial charge on any atom is -0.352 e. The highest BCUT2D eigenvalue weighted by molar-refractivity contribution is 5.94. The number of anilines is 1. The van der Waals surface area contributed by atoms with Crippen molar-refractivity contribution in [2.75, 3.05) is 11.9 Å². The molecule has 0 aromatic carbocycles. The summed E-state index contributed by atoms with van der Waals surface area (Å²) >= 11 is 0. The number of carbonyl (C=O) groups is 2. The van der Waals surface area contributed by atoms with E-state index in [1.807, 2.05) is 0 Å². The number of amides is 2. The summed E-state index contributed by atoms with van der Waals surface area (Å²) in [6.45, 7) is 5.42. The molecule has 7 nitrogen and oxygen atoms in total. The van der Waals surface area contributed by atoms with Gasteiger partial charge in [-0.25, -0.2) is 0 Å². The average molecular weight is 361 g/mol. The topological polar surface area (TPSA) is 79.3 Å². The SMILES string of the molecule is CC(C)N1CCCCC1C(=O)Nc1cnn(CC(=O)NC2CCCC2)c1. The Labute approximate surface area is 155 Å². The van der Waals surface area contributed by atoms with Gasteiger partial charge >= 0.3 is 0 Å². The van der Waals surface area contributed by atoms with E-state index in [0.717, 1.165) is 38.6 Å². The molecule has 1 saturated carbocycles. The number of hydrogen-bond acceptors (Lipinski definition) is 4. The lowest BCUT2D eigenvalue weighted by molar-refractivity contribution is -0.123. The number of aromatic nitrogens is 2. The van der Waals surface area contributed by atoms with Crippen LogP contribution in [-0.2, 0) is 16.1 Å². The number of piperidine rings is 1. The molecule has 3 rings (SSSR count). The standard InChI is InChI=1S/C19H31N5O2/c1-14(2)24-10-6-5-9-17(24)19(26)22-16-11-20-23(12-16)13-18(25)21-15-7-3-4-8-15/h11-12,14-15,17H,3-10,13H2,1-2H3,(H,21,25)(H,22,26). The van der Waals surface area contributed by atoms with Crippen LogP contribution in [0.3, 0.4) is 0 Å². The molecule has 1 unspecified atom stereocenters. The lowest BCUT2D eigenvalue weighted by atomic mass is 9.99. The smallest absolute Gasteiger partial charge is 0.241 e. The van der Waals surface area contributed by atoms with Crippen LogP contribution in [0.2, 0.25) is 0 Å². The predicted molar refractivity (Wildman–Crippen MR) is 101 cm³/mol. The number of likely N-dealkylation sites (tertiary alicyclic amines) is 1. The van der Waals surface area contributed by atoms with E-state index in [1.165, 1.54) is 12.8 Å². The summed E-state index contributed by atoms with van der Waals surface area (Å²) in [7, 11) is 0. The summed E-state index contributed by atoms with van der Waals surface area (Å²) in [6, 6.07) is 0.580. The van der Waals surface area contributed by atoms with Gasteiger partial charge in [0.25, 0.3) is 0 Å². The summed E-state index contributed by atoms with van der Waals surface area (Å²) in [4.78, 5) is 27.0. The highest BCUT2D eigenvalue weighted by Crippen LogP contribution is 2.21. The molecule has 26 heavy (non-hydrogen) atoms. The van der Waals surface area contributed by atoms with E-state index in [9.17, 15) is 9.59 Å². The largest absolute Gasteiger partial charge is 0.352 e. The molecule has 144 valence electrons. The van der Waals surface area contributed by atoms with Crippen LogP contribution in [0.4, 0.5) is 5.69 Å². The second-order valence-electron chi connectivity index (χ2n) is 7.81. The molecule has 2 heterocycles. The molecule has 2 fully saturated rings. The second kappa shape index (κ2) is 8.66. The third-order valence-electron chi connectivity index (χ3n) is 5.44. The van der Waals surface area contributed by atoms with Gasteiger partial charge in [0.2, 0.25) is 11.8 Å². The van der Waals surface area contributed by atoms with E-state index in [1.54, 1.807) is 17.1 Å². The van der Waals surface area contributed by atoms with E-state index in [0.29, 0.717) is 17.8 Å². The molecule has 2 N–H and O–H groups in total. The molecule has 2 amide bonds. The maximum atomic E-state index is 12.7. The summed E-state index contributed by atoms with van der Waals surface area (Å²) in [5.41, 5.74) is 0.651. The molecule has 0 spiro atoms. The van der Waals surface area contributed by atoms with Crippen LogP contribution in [0, 0.1) is 0 Å². The minimum absolute atomic E-state index is 0.0175. The summed E-state index contributed by atoms with van der Waals surface area (Å²) in [6.07, 6.45) is 11.0. The summed E-state index contributed by atoms with van der Waals surface area (Å²) in [5, 5.41) is 10.2. The lowest BCUT2D eigenvalue weighted by Crippen LogP contribution is -2.50. The van der Waals surface area contributed by atoms with Crippen molar-refractivity contribution in [2.45, 2.75) is 83.5 Å². The van der Waals surface area contributed by atoms with Crippen LogP contribution < -0.4 is 10.6 Å². The highest BCUT2D eigenvalue weighted by Gasteiger charge is 2.30. The normalized spacial score (nSPS) is 21.9. The first kappa shape index (κ1) is 18.9. The number of nitrogens with one attached hydrogen (secondary N) is 2. The predicted octanol–water partition coefficient (Wildman–Crippen LogP) is 2.14. The number of rotatable bonds is 6. The van der Waals surface area contributed by atoms with Crippen LogP contribution in [0.25, 0.3) is 0 Å². The molecule has 1 aliphatic heterocycles. The Kier molecular flexibility index (Phi) is 6.29. The van der Waals surface area contributed by atoms with E-state index in [4.69, 9.17) is 0 Å². The Morgan fingerprint density at radius 1 is 1.19 bits per heavy atom. The Hall–Kier alpha value is -1.89. The molecular weight excluding hydrogens is 330 g/mol. The Morgan fingerprint density at radius 3 is 2.65 bits per heavy atom. The molecule has 1 aromatic rings. The first-order valence-corrected chi connectivity index (χ1v) is 9.91. The van der Waals surface area contributed by atoms with Crippen LogP contribution >= 0.6 is 0 Å². The molecule has 2 aliphatic rings. The first-order chi connectivity index (χ1) is 12.5. The Morgan fingerprint density at radius 2 is 1.92 bits per heavy atom. The van der Waals surface area contributed by atoms with Crippen molar-refractivity contribution in [1.29, 1.82) is 0 Å². The number of carbonyl (C=O) groups excluding carboxylic acids is 2. The monoisotopic (exact) mass is 361 g/mol. The van der Waals surface area contributed by atoms with Gasteiger partial charge in [-0.3, -0.25) is 19.2 Å². The fourth-order valence-corrected chi connectivity index (χ4v) is 4.08. The highest BCUT2D eigenvalue weighted by atomic mass is 16.2. The van der Waals surface area contributed by atoms with Gasteiger partial charge in [0.1, 0.15) is 6.54 Å². The maximum Gasteiger partial charge on any atom is 0.241 e. The van der Waals surface area contributed by atoms with E-state index in [2.05, 4.69) is 34.5 Å². The van der Waals surface area contributed by atoms with Crippen molar-refractivity contribution >= 4 is 17.5 Å². The molecule has 1 atom stereocenters. The van der Waals surface area contributed by atoms with Crippen molar-refractivity contribution in [1.82, 2.24) is 20.0 Å². The van der Waals surface area contributed by atoms with Gasteiger partial charge in [-0.2, -0.15) is 5.10 Å². The molecule has 0 radical (unpaired) electrons. The van der Waals surface area contributed by atoms with Crippen molar-refractivity contribution in [3.63, 3.8) is 0 Å². The Balaban J connectivity index is 1.52. The van der Waals surface area contributed by atoms with Gasteiger partial charge in [-0.1, -0.05) is 19.3 Å². The lowest BCUT2D eigenvalue weighted by Gasteiger charge is -2.37.